The summed E-state index contributed by atoms with van der Waals surface area (Å²) in [6.45, 7) is 7.61. The molecule has 4 atom stereocenters. The summed E-state index contributed by atoms with van der Waals surface area (Å²) >= 11 is 0. The van der Waals surface area contributed by atoms with Crippen LogP contribution in [0.4, 0.5) is 0 Å². The number of nitrogens with zero attached hydrogens (tertiary/aromatic N) is 1. The molecule has 2 N–H and O–H groups in total. The lowest BCUT2D eigenvalue weighted by atomic mass is 10.0. The number of hydrogen-bond acceptors (Lipinski definition) is 3. The maximum absolute atomic E-state index is 6.04. The molecule has 3 heteroatoms. The summed E-state index contributed by atoms with van der Waals surface area (Å²) < 4.78 is 5.56. The third-order valence-corrected chi connectivity index (χ3v) is 3.67. The molecule has 0 aromatic carbocycles. The summed E-state index contributed by atoms with van der Waals surface area (Å²) in [6, 6.07) is 1.10. The molecule has 4 unspecified atom stereocenters. The molecule has 0 aromatic heterocycles. The van der Waals surface area contributed by atoms with Crippen LogP contribution in [0.15, 0.2) is 0 Å². The van der Waals surface area contributed by atoms with E-state index in [4.69, 9.17) is 10.5 Å². The van der Waals surface area contributed by atoms with Crippen molar-refractivity contribution >= 4 is 0 Å². The largest absolute Gasteiger partial charge is 0.378 e. The third-order valence-electron chi connectivity index (χ3n) is 3.67. The van der Waals surface area contributed by atoms with Crippen molar-refractivity contribution in [3.63, 3.8) is 0 Å². The van der Waals surface area contributed by atoms with Gasteiger partial charge in [0.15, 0.2) is 0 Å². The van der Waals surface area contributed by atoms with Crippen LogP contribution in [0.3, 0.4) is 0 Å². The van der Waals surface area contributed by atoms with E-state index < -0.39 is 0 Å². The van der Waals surface area contributed by atoms with Gasteiger partial charge in [-0.05, 0) is 25.7 Å². The van der Waals surface area contributed by atoms with Crippen molar-refractivity contribution in [2.75, 3.05) is 19.7 Å². The van der Waals surface area contributed by atoms with E-state index in [0.717, 1.165) is 19.2 Å². The zero-order valence-electron chi connectivity index (χ0n) is 9.28. The van der Waals surface area contributed by atoms with Gasteiger partial charge in [-0.25, -0.2) is 0 Å². The average molecular weight is 198 g/mol. The number of rotatable bonds is 1. The Morgan fingerprint density at radius 2 is 2.07 bits per heavy atom. The molecular formula is C11H22N2O. The molecule has 3 nitrogen and oxygen atoms in total. The van der Waals surface area contributed by atoms with Crippen LogP contribution in [0.2, 0.25) is 0 Å². The van der Waals surface area contributed by atoms with Crippen LogP contribution >= 0.6 is 0 Å². The molecule has 0 bridgehead atoms. The van der Waals surface area contributed by atoms with Crippen molar-refractivity contribution in [3.8, 4) is 0 Å². The van der Waals surface area contributed by atoms with Gasteiger partial charge in [-0.3, -0.25) is 4.90 Å². The zero-order chi connectivity index (χ0) is 10.1. The topological polar surface area (TPSA) is 38.5 Å². The lowest BCUT2D eigenvalue weighted by Crippen LogP contribution is -2.41. The Labute approximate surface area is 86.6 Å². The molecule has 0 aliphatic carbocycles. The smallest absolute Gasteiger partial charge is 0.0561 e. The van der Waals surface area contributed by atoms with Crippen LogP contribution in [-0.2, 0) is 4.74 Å². The number of nitrogens with two attached hydrogens (primary N) is 1. The van der Waals surface area contributed by atoms with Gasteiger partial charge in [0, 0.05) is 31.8 Å². The highest BCUT2D eigenvalue weighted by Gasteiger charge is 2.33. The van der Waals surface area contributed by atoms with E-state index in [9.17, 15) is 0 Å². The highest BCUT2D eigenvalue weighted by atomic mass is 16.5. The molecular weight excluding hydrogens is 176 g/mol. The number of likely N-dealkylation sites (tertiary alicyclic amines) is 1. The Morgan fingerprint density at radius 1 is 1.29 bits per heavy atom. The molecule has 14 heavy (non-hydrogen) atoms. The maximum atomic E-state index is 6.04. The fourth-order valence-electron chi connectivity index (χ4n) is 2.63. The van der Waals surface area contributed by atoms with Crippen molar-refractivity contribution in [3.05, 3.63) is 0 Å². The summed E-state index contributed by atoms with van der Waals surface area (Å²) in [4.78, 5) is 2.56. The van der Waals surface area contributed by atoms with Crippen LogP contribution in [0.5, 0.6) is 0 Å². The SMILES string of the molecule is CC1CC(N2CC(C)C(N)C2)CCO1. The number of hydrogen-bond donors (Lipinski definition) is 1. The average Bonchev–Trinajstić information content (AvgIpc) is 2.47. The molecule has 2 saturated heterocycles. The highest BCUT2D eigenvalue weighted by Crippen LogP contribution is 2.24. The highest BCUT2D eigenvalue weighted by molar-refractivity contribution is 4.89. The molecule has 0 aromatic rings. The molecule has 2 heterocycles. The fourth-order valence-corrected chi connectivity index (χ4v) is 2.63. The van der Waals surface area contributed by atoms with Gasteiger partial charge in [-0.15, -0.1) is 0 Å². The Morgan fingerprint density at radius 3 is 2.64 bits per heavy atom. The van der Waals surface area contributed by atoms with E-state index in [1.807, 2.05) is 0 Å². The first-order valence-electron chi connectivity index (χ1n) is 5.78. The van der Waals surface area contributed by atoms with Gasteiger partial charge in [-0.1, -0.05) is 6.92 Å². The first-order valence-corrected chi connectivity index (χ1v) is 5.78. The van der Waals surface area contributed by atoms with E-state index in [1.165, 1.54) is 19.4 Å². The second-order valence-electron chi connectivity index (χ2n) is 4.95. The minimum atomic E-state index is 0.383. The fraction of sp³-hybridized carbons (Fsp3) is 1.00. The molecule has 2 aliphatic rings. The Hall–Kier alpha value is -0.120. The molecule has 82 valence electrons. The molecule has 2 aliphatic heterocycles. The van der Waals surface area contributed by atoms with Gasteiger partial charge in [0.1, 0.15) is 0 Å². The summed E-state index contributed by atoms with van der Waals surface area (Å²) in [5.41, 5.74) is 6.04. The quantitative estimate of drug-likeness (QED) is 0.678. The molecule has 0 saturated carbocycles. The van der Waals surface area contributed by atoms with Crippen LogP contribution in [-0.4, -0.2) is 42.8 Å². The van der Waals surface area contributed by atoms with Crippen LogP contribution < -0.4 is 5.73 Å². The summed E-state index contributed by atoms with van der Waals surface area (Å²) in [5, 5.41) is 0. The summed E-state index contributed by atoms with van der Waals surface area (Å²) in [5.74, 6) is 0.660. The predicted octanol–water partition coefficient (Wildman–Crippen LogP) is 0.833. The van der Waals surface area contributed by atoms with E-state index in [-0.39, 0.29) is 0 Å². The third kappa shape index (κ3) is 2.10. The Kier molecular flexibility index (Phi) is 3.10. The lowest BCUT2D eigenvalue weighted by Gasteiger charge is -2.34. The number of ether oxygens (including phenoxy) is 1. The van der Waals surface area contributed by atoms with Crippen molar-refractivity contribution in [1.29, 1.82) is 0 Å². The minimum absolute atomic E-state index is 0.383. The van der Waals surface area contributed by atoms with Crippen molar-refractivity contribution in [1.82, 2.24) is 4.90 Å². The van der Waals surface area contributed by atoms with Crippen LogP contribution in [0.1, 0.15) is 26.7 Å². The Balaban J connectivity index is 1.89. The lowest BCUT2D eigenvalue weighted by molar-refractivity contribution is -0.0130. The van der Waals surface area contributed by atoms with Crippen LogP contribution in [0, 0.1) is 5.92 Å². The standard InChI is InChI=1S/C11H22N2O/c1-8-6-13(7-11(8)12)10-3-4-14-9(2)5-10/h8-11H,3-7,12H2,1-2H3. The molecule has 2 rings (SSSR count). The van der Waals surface area contributed by atoms with Crippen LogP contribution in [0.25, 0.3) is 0 Å². The van der Waals surface area contributed by atoms with Gasteiger partial charge in [-0.2, -0.15) is 0 Å². The zero-order valence-corrected chi connectivity index (χ0v) is 9.28. The molecule has 2 fully saturated rings. The molecule has 0 amide bonds. The molecule has 0 radical (unpaired) electrons. The summed E-state index contributed by atoms with van der Waals surface area (Å²) in [6.07, 6.45) is 2.80. The van der Waals surface area contributed by atoms with Gasteiger partial charge >= 0.3 is 0 Å². The van der Waals surface area contributed by atoms with Crippen molar-refractivity contribution in [2.45, 2.75) is 44.9 Å². The summed E-state index contributed by atoms with van der Waals surface area (Å²) in [7, 11) is 0. The first-order chi connectivity index (χ1) is 6.66. The predicted molar refractivity (Wildman–Crippen MR) is 57.1 cm³/mol. The monoisotopic (exact) mass is 198 g/mol. The second kappa shape index (κ2) is 4.17. The van der Waals surface area contributed by atoms with E-state index >= 15 is 0 Å². The van der Waals surface area contributed by atoms with Crippen molar-refractivity contribution in [2.24, 2.45) is 11.7 Å². The second-order valence-corrected chi connectivity index (χ2v) is 4.95. The first kappa shape index (κ1) is 10.4. The molecule has 0 spiro atoms. The van der Waals surface area contributed by atoms with E-state index in [1.54, 1.807) is 0 Å². The van der Waals surface area contributed by atoms with E-state index in [0.29, 0.717) is 18.1 Å². The van der Waals surface area contributed by atoms with Gasteiger partial charge < -0.3 is 10.5 Å². The van der Waals surface area contributed by atoms with Gasteiger partial charge in [0.05, 0.1) is 6.10 Å². The normalized spacial score (nSPS) is 45.6. The van der Waals surface area contributed by atoms with Gasteiger partial charge in [0.25, 0.3) is 0 Å². The Bertz CT molecular complexity index is 185. The maximum Gasteiger partial charge on any atom is 0.0561 e. The van der Waals surface area contributed by atoms with Crippen molar-refractivity contribution < 1.29 is 4.74 Å². The minimum Gasteiger partial charge on any atom is -0.378 e. The van der Waals surface area contributed by atoms with Gasteiger partial charge in [0.2, 0.25) is 0 Å². The van der Waals surface area contributed by atoms with E-state index in [2.05, 4.69) is 18.7 Å².